The van der Waals surface area contributed by atoms with E-state index in [-0.39, 0.29) is 0 Å². The predicted molar refractivity (Wildman–Crippen MR) is 38.3 cm³/mol. The Morgan fingerprint density at radius 1 is 0.476 bits per heavy atom. The van der Waals surface area contributed by atoms with E-state index in [1.807, 2.05) is 0 Å². The fourth-order valence-corrected chi connectivity index (χ4v) is 0.553. The lowest BCUT2D eigenvalue weighted by atomic mass is 10.0. The summed E-state index contributed by atoms with van der Waals surface area (Å²) < 4.78 is 160. The van der Waals surface area contributed by atoms with Gasteiger partial charge in [0.15, 0.2) is 0 Å². The van der Waals surface area contributed by atoms with Crippen molar-refractivity contribution in [2.75, 3.05) is 0 Å². The molecule has 0 fully saturated rings. The van der Waals surface area contributed by atoms with Gasteiger partial charge in [-0.25, -0.2) is 0 Å². The van der Waals surface area contributed by atoms with E-state index in [2.05, 4.69) is 6.58 Å². The smallest absolute Gasteiger partial charge is 0.192 e. The molecule has 0 bridgehead atoms. The quantitative estimate of drug-likeness (QED) is 0.583. The topological polar surface area (TPSA) is 0 Å². The Balaban J connectivity index is 0. The highest BCUT2D eigenvalue weighted by Crippen LogP contribution is 2.57. The van der Waals surface area contributed by atoms with Gasteiger partial charge >= 0.3 is 30.1 Å². The molecule has 0 heterocycles. The van der Waals surface area contributed by atoms with Gasteiger partial charge in [0.1, 0.15) is 0 Å². The van der Waals surface area contributed by atoms with Gasteiger partial charge in [0.05, 0.1) is 0 Å². The Hall–Kier alpha value is -1.24. The maximum absolute atomic E-state index is 12.0. The minimum absolute atomic E-state index is 1.83. The van der Waals surface area contributed by atoms with Crippen molar-refractivity contribution in [1.29, 1.82) is 0 Å². The van der Waals surface area contributed by atoms with E-state index in [1.165, 1.54) is 0 Å². The number of alkyl halides is 12. The van der Waals surface area contributed by atoms with Crippen LogP contribution in [0.1, 0.15) is 0 Å². The molecule has 0 amide bonds. The first-order valence-electron chi connectivity index (χ1n) is 4.00. The van der Waals surface area contributed by atoms with E-state index in [4.69, 9.17) is 0 Å². The minimum Gasteiger partial charge on any atom is -0.192 e. The summed E-state index contributed by atoms with van der Waals surface area (Å²) >= 11 is 0. The maximum atomic E-state index is 12.0. The van der Waals surface area contributed by atoms with Gasteiger partial charge in [0, 0.05) is 0 Å². The second kappa shape index (κ2) is 5.87. The molecular weight excluding hydrogens is 350 g/mol. The van der Waals surface area contributed by atoms with Crippen LogP contribution in [0.2, 0.25) is 0 Å². The summed E-state index contributed by atoms with van der Waals surface area (Å²) in [7, 11) is 0. The zero-order valence-electron chi connectivity index (χ0n) is 9.00. The predicted octanol–water partition coefficient (Wildman–Crippen LogP) is 5.41. The van der Waals surface area contributed by atoms with E-state index >= 15 is 0 Å². The Labute approximate surface area is 106 Å². The highest BCUT2D eigenvalue weighted by molar-refractivity contribution is 5.03. The first-order valence-corrected chi connectivity index (χ1v) is 4.00. The van der Waals surface area contributed by atoms with Gasteiger partial charge in [-0.3, -0.25) is 0 Å². The molecule has 0 aromatic carbocycles. The molecule has 0 aliphatic heterocycles. The summed E-state index contributed by atoms with van der Waals surface area (Å²) in [5, 5.41) is 0. The van der Waals surface area contributed by atoms with Crippen molar-refractivity contribution in [3.63, 3.8) is 0 Å². The molecule has 0 aromatic heterocycles. The second-order valence-corrected chi connectivity index (χ2v) is 3.06. The fourth-order valence-electron chi connectivity index (χ4n) is 0.553. The summed E-state index contributed by atoms with van der Waals surface area (Å²) in [5.41, 5.74) is 0. The van der Waals surface area contributed by atoms with Gasteiger partial charge in [-0.1, -0.05) is 0 Å². The van der Waals surface area contributed by atoms with Crippen LogP contribution in [0.25, 0.3) is 0 Å². The van der Waals surface area contributed by atoms with Crippen LogP contribution >= 0.6 is 0 Å². The van der Waals surface area contributed by atoms with E-state index in [0.717, 1.165) is 0 Å². The largest absolute Gasteiger partial charge is 0.460 e. The van der Waals surface area contributed by atoms with Crippen LogP contribution < -0.4 is 0 Å². The third kappa shape index (κ3) is 4.36. The molecule has 0 N–H and O–H groups in total. The second-order valence-electron chi connectivity index (χ2n) is 3.06. The molecule has 0 spiro atoms. The van der Waals surface area contributed by atoms with Crippen molar-refractivity contribution >= 4 is 0 Å². The molecule has 0 nitrogen and oxygen atoms in total. The summed E-state index contributed by atoms with van der Waals surface area (Å²) in [6.45, 7) is 2.22. The van der Waals surface area contributed by atoms with E-state index < -0.39 is 36.2 Å². The molecule has 0 saturated carbocycles. The van der Waals surface area contributed by atoms with Crippen molar-refractivity contribution in [2.45, 2.75) is 30.1 Å². The number of halogens is 14. The van der Waals surface area contributed by atoms with Crippen molar-refractivity contribution in [1.82, 2.24) is 0 Å². The zero-order valence-corrected chi connectivity index (χ0v) is 9.00. The Morgan fingerprint density at radius 2 is 0.619 bits per heavy atom. The summed E-state index contributed by atoms with van der Waals surface area (Å²) in [6.07, 6.45) is -16.4. The SMILES string of the molecule is C=C(F)F.FC(F)(F)C(F)(F)C(F)(F)C(F)(F)C(F)(F)F. The Bertz CT molecular complexity index is 324. The molecule has 128 valence electrons. The Kier molecular flexibility index (Phi) is 6.16. The minimum atomic E-state index is -7.66. The highest BCUT2D eigenvalue weighted by Gasteiger charge is 2.88. The molecule has 0 unspecified atom stereocenters. The van der Waals surface area contributed by atoms with Crippen LogP contribution in [-0.4, -0.2) is 30.1 Å². The average Bonchev–Trinajstić information content (AvgIpc) is 2.12. The lowest BCUT2D eigenvalue weighted by Gasteiger charge is -2.34. The van der Waals surface area contributed by atoms with Crippen LogP contribution in [0.3, 0.4) is 0 Å². The average molecular weight is 352 g/mol. The lowest BCUT2D eigenvalue weighted by molar-refractivity contribution is -0.438. The molecule has 0 rings (SSSR count). The summed E-state index contributed by atoms with van der Waals surface area (Å²) in [6, 6.07) is 0. The van der Waals surface area contributed by atoms with E-state index in [0.29, 0.717) is 0 Å². The van der Waals surface area contributed by atoms with Crippen LogP contribution in [0.5, 0.6) is 0 Å². The van der Waals surface area contributed by atoms with Crippen LogP contribution in [0.4, 0.5) is 61.5 Å². The molecule has 0 atom stereocenters. The lowest BCUT2D eigenvalue weighted by Crippen LogP contribution is -2.65. The third-order valence-corrected chi connectivity index (χ3v) is 1.50. The molecular formula is C7H2F14. The maximum Gasteiger partial charge on any atom is 0.460 e. The number of hydrogen-bond donors (Lipinski definition) is 0. The third-order valence-electron chi connectivity index (χ3n) is 1.50. The molecule has 0 saturated heterocycles. The van der Waals surface area contributed by atoms with Crippen molar-refractivity contribution in [3.8, 4) is 0 Å². The molecule has 21 heavy (non-hydrogen) atoms. The summed E-state index contributed by atoms with van der Waals surface area (Å²) in [5.74, 6) is -22.7. The normalized spacial score (nSPS) is 14.4. The van der Waals surface area contributed by atoms with Crippen molar-refractivity contribution < 1.29 is 61.5 Å². The van der Waals surface area contributed by atoms with Gasteiger partial charge in [-0.2, -0.15) is 61.5 Å². The summed E-state index contributed by atoms with van der Waals surface area (Å²) in [4.78, 5) is 0. The first-order chi connectivity index (χ1) is 8.73. The van der Waals surface area contributed by atoms with E-state index in [1.54, 1.807) is 0 Å². The number of hydrogen-bond acceptors (Lipinski definition) is 0. The van der Waals surface area contributed by atoms with Crippen molar-refractivity contribution in [3.05, 3.63) is 12.7 Å². The highest BCUT2D eigenvalue weighted by atomic mass is 19.4. The van der Waals surface area contributed by atoms with Crippen LogP contribution in [0.15, 0.2) is 12.7 Å². The zero-order chi connectivity index (χ0) is 18.1. The molecule has 14 heteroatoms. The van der Waals surface area contributed by atoms with Gasteiger partial charge in [0.25, 0.3) is 6.08 Å². The molecule has 0 aliphatic rings. The van der Waals surface area contributed by atoms with Crippen LogP contribution in [-0.2, 0) is 0 Å². The molecule has 0 aliphatic carbocycles. The monoisotopic (exact) mass is 352 g/mol. The van der Waals surface area contributed by atoms with Gasteiger partial charge in [0.2, 0.25) is 0 Å². The van der Waals surface area contributed by atoms with E-state index in [9.17, 15) is 61.5 Å². The Morgan fingerprint density at radius 3 is 0.714 bits per heavy atom. The van der Waals surface area contributed by atoms with Crippen LogP contribution in [0, 0.1) is 0 Å². The van der Waals surface area contributed by atoms with Gasteiger partial charge in [-0.15, -0.1) is 0 Å². The van der Waals surface area contributed by atoms with Gasteiger partial charge in [-0.05, 0) is 6.58 Å². The first kappa shape index (κ1) is 22.0. The standard InChI is InChI=1S/C5F12.C2H2F2/c6-1(7,2(8,9)4(12,13)14)3(10,11)5(15,16)17;1-2(3)4/h;1H2. The molecule has 0 radical (unpaired) electrons. The van der Waals surface area contributed by atoms with Crippen molar-refractivity contribution in [2.24, 2.45) is 0 Å². The molecule has 0 aromatic rings. The number of rotatable bonds is 2. The fraction of sp³-hybridized carbons (Fsp3) is 0.714. The van der Waals surface area contributed by atoms with Gasteiger partial charge < -0.3 is 0 Å².